The number of carbonyl (C=O) groups excluding carboxylic acids is 4. The smallest absolute Gasteiger partial charge is 0.325 e. The standard InChI is InChI=1S/C19H16N4O6.C3H7NO/c24-16(20-12-4-3-5-13(10-12)23(27)28)11-22-17(25)19(21-18(22)26)8-9-29-15-7-2-1-6-14(15)19;1-4(2)3-5/h1-7,10H,8-9,11H2,(H,20,24)(H,21,26);3H,1-2H3. The third-order valence-corrected chi connectivity index (χ3v) is 5.11. The minimum absolute atomic E-state index is 0.185. The number of anilines is 1. The van der Waals surface area contributed by atoms with E-state index in [1.165, 1.54) is 29.2 Å². The van der Waals surface area contributed by atoms with Crippen LogP contribution in [0.4, 0.5) is 16.2 Å². The summed E-state index contributed by atoms with van der Waals surface area (Å²) in [6.07, 6.45) is 0.998. The van der Waals surface area contributed by atoms with Gasteiger partial charge in [0.25, 0.3) is 11.6 Å². The van der Waals surface area contributed by atoms with E-state index < -0.39 is 34.9 Å². The fourth-order valence-electron chi connectivity index (χ4n) is 3.56. The molecular weight excluding hydrogens is 446 g/mol. The summed E-state index contributed by atoms with van der Waals surface area (Å²) in [5.41, 5.74) is -0.707. The van der Waals surface area contributed by atoms with Gasteiger partial charge in [-0.15, -0.1) is 0 Å². The van der Waals surface area contributed by atoms with Gasteiger partial charge >= 0.3 is 6.03 Å². The maximum Gasteiger partial charge on any atom is 0.325 e. The van der Waals surface area contributed by atoms with Gasteiger partial charge in [0.15, 0.2) is 5.54 Å². The Bertz CT molecular complexity index is 1140. The first-order valence-electron chi connectivity index (χ1n) is 10.2. The van der Waals surface area contributed by atoms with Gasteiger partial charge in [0, 0.05) is 43.9 Å². The number of ether oxygens (including phenoxy) is 1. The maximum absolute atomic E-state index is 13.1. The molecule has 12 heteroatoms. The molecule has 0 radical (unpaired) electrons. The second kappa shape index (κ2) is 9.98. The van der Waals surface area contributed by atoms with Gasteiger partial charge in [0.2, 0.25) is 12.3 Å². The van der Waals surface area contributed by atoms with Gasteiger partial charge in [-0.25, -0.2) is 4.79 Å². The first kappa shape index (κ1) is 24.2. The number of carbonyl (C=O) groups is 4. The van der Waals surface area contributed by atoms with Crippen molar-refractivity contribution in [3.05, 3.63) is 64.2 Å². The third kappa shape index (κ3) is 4.95. The maximum atomic E-state index is 13.1. The summed E-state index contributed by atoms with van der Waals surface area (Å²) in [4.78, 5) is 60.0. The van der Waals surface area contributed by atoms with Crippen molar-refractivity contribution in [2.24, 2.45) is 0 Å². The van der Waals surface area contributed by atoms with Crippen LogP contribution >= 0.6 is 0 Å². The molecule has 0 bridgehead atoms. The number of non-ortho nitro benzene ring substituents is 1. The van der Waals surface area contributed by atoms with Crippen LogP contribution in [-0.4, -0.2) is 66.2 Å². The number of urea groups is 1. The number of fused-ring (bicyclic) bond motifs is 2. The number of rotatable bonds is 5. The molecule has 2 heterocycles. The van der Waals surface area contributed by atoms with Crippen molar-refractivity contribution >= 4 is 35.6 Å². The number of nitro groups is 1. The quantitative estimate of drug-likeness (QED) is 0.291. The van der Waals surface area contributed by atoms with Crippen molar-refractivity contribution in [1.29, 1.82) is 0 Å². The number of nitro benzene ring substituents is 1. The van der Waals surface area contributed by atoms with E-state index in [4.69, 9.17) is 4.74 Å². The number of nitrogens with zero attached hydrogens (tertiary/aromatic N) is 3. The molecule has 4 rings (SSSR count). The Morgan fingerprint density at radius 2 is 1.97 bits per heavy atom. The zero-order chi connectivity index (χ0) is 24.9. The number of para-hydroxylation sites is 1. The van der Waals surface area contributed by atoms with Gasteiger partial charge < -0.3 is 20.3 Å². The van der Waals surface area contributed by atoms with Crippen LogP contribution in [0.3, 0.4) is 0 Å². The highest BCUT2D eigenvalue weighted by atomic mass is 16.6. The lowest BCUT2D eigenvalue weighted by molar-refractivity contribution is -0.384. The summed E-state index contributed by atoms with van der Waals surface area (Å²) < 4.78 is 5.56. The highest BCUT2D eigenvalue weighted by Crippen LogP contribution is 2.40. The number of imide groups is 1. The molecule has 2 aliphatic heterocycles. The average Bonchev–Trinajstić information content (AvgIpc) is 3.04. The van der Waals surface area contributed by atoms with E-state index in [0.717, 1.165) is 11.3 Å². The Balaban J connectivity index is 0.000000588. The summed E-state index contributed by atoms with van der Waals surface area (Å²) in [6.45, 7) is -0.269. The van der Waals surface area contributed by atoms with Crippen molar-refractivity contribution in [2.75, 3.05) is 32.6 Å². The third-order valence-electron chi connectivity index (χ3n) is 5.11. The van der Waals surface area contributed by atoms with Crippen molar-refractivity contribution in [3.8, 4) is 5.75 Å². The molecule has 34 heavy (non-hydrogen) atoms. The van der Waals surface area contributed by atoms with Crippen LogP contribution < -0.4 is 15.4 Å². The molecule has 1 saturated heterocycles. The fraction of sp³-hybridized carbons (Fsp3) is 0.273. The molecule has 2 aliphatic rings. The van der Waals surface area contributed by atoms with E-state index in [-0.39, 0.29) is 24.4 Å². The van der Waals surface area contributed by atoms with E-state index in [1.807, 2.05) is 0 Å². The molecule has 0 aromatic heterocycles. The lowest BCUT2D eigenvalue weighted by Gasteiger charge is -2.33. The molecule has 1 spiro atoms. The largest absolute Gasteiger partial charge is 0.493 e. The van der Waals surface area contributed by atoms with Crippen molar-refractivity contribution < 1.29 is 28.8 Å². The van der Waals surface area contributed by atoms with Crippen LogP contribution in [0.2, 0.25) is 0 Å². The van der Waals surface area contributed by atoms with Crippen LogP contribution in [0.5, 0.6) is 5.75 Å². The molecule has 2 aromatic carbocycles. The summed E-state index contributed by atoms with van der Waals surface area (Å²) in [7, 11) is 3.38. The Morgan fingerprint density at radius 3 is 2.65 bits per heavy atom. The Kier molecular flexibility index (Phi) is 7.09. The van der Waals surface area contributed by atoms with E-state index in [9.17, 15) is 29.3 Å². The molecule has 5 amide bonds. The summed E-state index contributed by atoms with van der Waals surface area (Å²) in [5.74, 6) is -0.672. The monoisotopic (exact) mass is 469 g/mol. The SMILES string of the molecule is CN(C)C=O.O=C(CN1C(=O)NC2(CCOc3ccccc32)C1=O)Nc1cccc([N+](=O)[O-])c1. The second-order valence-electron chi connectivity index (χ2n) is 7.75. The minimum Gasteiger partial charge on any atom is -0.493 e. The zero-order valence-electron chi connectivity index (χ0n) is 18.5. The average molecular weight is 469 g/mol. The number of hydrogen-bond donors (Lipinski definition) is 2. The van der Waals surface area contributed by atoms with Crippen molar-refractivity contribution in [2.45, 2.75) is 12.0 Å². The lowest BCUT2D eigenvalue weighted by Crippen LogP contribution is -2.48. The first-order valence-corrected chi connectivity index (χ1v) is 10.2. The summed E-state index contributed by atoms with van der Waals surface area (Å²) in [6, 6.07) is 11.6. The molecule has 12 nitrogen and oxygen atoms in total. The Hall–Kier alpha value is -4.48. The number of hydrogen-bond acceptors (Lipinski definition) is 7. The topological polar surface area (TPSA) is 151 Å². The van der Waals surface area contributed by atoms with Crippen LogP contribution in [0.1, 0.15) is 12.0 Å². The van der Waals surface area contributed by atoms with Crippen LogP contribution in [0.25, 0.3) is 0 Å². The van der Waals surface area contributed by atoms with Gasteiger partial charge in [-0.05, 0) is 12.1 Å². The van der Waals surface area contributed by atoms with Gasteiger partial charge in [-0.1, -0.05) is 24.3 Å². The molecule has 1 atom stereocenters. The van der Waals surface area contributed by atoms with E-state index >= 15 is 0 Å². The Labute approximate surface area is 194 Å². The first-order chi connectivity index (χ1) is 16.2. The molecule has 178 valence electrons. The normalized spacial score (nSPS) is 18.1. The Morgan fingerprint density at radius 1 is 1.26 bits per heavy atom. The lowest BCUT2D eigenvalue weighted by atomic mass is 9.84. The zero-order valence-corrected chi connectivity index (χ0v) is 18.5. The van der Waals surface area contributed by atoms with E-state index in [0.29, 0.717) is 11.3 Å². The van der Waals surface area contributed by atoms with Gasteiger partial charge in [0.05, 0.1) is 11.5 Å². The highest BCUT2D eigenvalue weighted by molar-refractivity contribution is 6.10. The van der Waals surface area contributed by atoms with E-state index in [2.05, 4.69) is 10.6 Å². The number of nitrogens with one attached hydrogen (secondary N) is 2. The summed E-state index contributed by atoms with van der Waals surface area (Å²) in [5, 5.41) is 16.0. The second-order valence-corrected chi connectivity index (χ2v) is 7.75. The fourth-order valence-corrected chi connectivity index (χ4v) is 3.56. The minimum atomic E-state index is -1.27. The molecule has 0 saturated carbocycles. The van der Waals surface area contributed by atoms with Crippen LogP contribution in [-0.2, 0) is 19.9 Å². The molecule has 0 aliphatic carbocycles. The predicted molar refractivity (Wildman–Crippen MR) is 120 cm³/mol. The van der Waals surface area contributed by atoms with Gasteiger partial charge in [-0.2, -0.15) is 0 Å². The van der Waals surface area contributed by atoms with E-state index in [1.54, 1.807) is 38.4 Å². The highest BCUT2D eigenvalue weighted by Gasteiger charge is 2.55. The number of amides is 5. The molecule has 2 aromatic rings. The molecular formula is C22H23N5O7. The summed E-state index contributed by atoms with van der Waals surface area (Å²) >= 11 is 0. The number of benzene rings is 2. The van der Waals surface area contributed by atoms with Crippen molar-refractivity contribution in [1.82, 2.24) is 15.1 Å². The van der Waals surface area contributed by atoms with Gasteiger partial charge in [-0.3, -0.25) is 29.4 Å². The van der Waals surface area contributed by atoms with Crippen LogP contribution in [0.15, 0.2) is 48.5 Å². The molecule has 1 fully saturated rings. The molecule has 2 N–H and O–H groups in total. The molecule has 1 unspecified atom stereocenters. The van der Waals surface area contributed by atoms with Crippen molar-refractivity contribution in [3.63, 3.8) is 0 Å². The van der Waals surface area contributed by atoms with Crippen LogP contribution in [0, 0.1) is 10.1 Å². The predicted octanol–water partition coefficient (Wildman–Crippen LogP) is 1.47. The van der Waals surface area contributed by atoms with Gasteiger partial charge in [0.1, 0.15) is 12.3 Å².